The molecule has 5 rings (SSSR count). The lowest BCUT2D eigenvalue weighted by molar-refractivity contribution is -0.385. The summed E-state index contributed by atoms with van der Waals surface area (Å²) in [6.07, 6.45) is 0.454. The van der Waals surface area contributed by atoms with E-state index in [1.54, 1.807) is 12.1 Å². The van der Waals surface area contributed by atoms with E-state index < -0.39 is 0 Å². The van der Waals surface area contributed by atoms with Gasteiger partial charge in [-0.15, -0.1) is 0 Å². The molecule has 2 aromatic carbocycles. The van der Waals surface area contributed by atoms with Crippen molar-refractivity contribution in [3.05, 3.63) is 74.8 Å². The molecule has 4 nitrogen and oxygen atoms in total. The number of fused-ring (bicyclic) bond motifs is 1. The molecule has 2 unspecified atom stereocenters. The normalized spacial score (nSPS) is 22.3. The molecule has 0 aromatic heterocycles. The Morgan fingerprint density at radius 2 is 1.70 bits per heavy atom. The molecule has 3 aliphatic rings. The minimum atomic E-state index is -0.379. The van der Waals surface area contributed by atoms with Crippen molar-refractivity contribution >= 4 is 11.5 Å². The van der Waals surface area contributed by atoms with Crippen LogP contribution >= 0.6 is 0 Å². The molecule has 0 aliphatic heterocycles. The summed E-state index contributed by atoms with van der Waals surface area (Å²) in [5.41, 5.74) is 4.19. The highest BCUT2D eigenvalue weighted by molar-refractivity contribution is 5.95. The van der Waals surface area contributed by atoms with Crippen molar-refractivity contribution in [2.45, 2.75) is 18.3 Å². The number of carbonyl (C=O) groups is 1. The highest BCUT2D eigenvalue weighted by Crippen LogP contribution is 2.51. The number of nitro benzene ring substituents is 1. The first kappa shape index (κ1) is 11.3. The lowest BCUT2D eigenvalue weighted by Crippen LogP contribution is -2.32. The van der Waals surface area contributed by atoms with Crippen molar-refractivity contribution in [3.8, 4) is 0 Å². The van der Waals surface area contributed by atoms with Crippen LogP contribution in [0.15, 0.2) is 42.5 Å². The second-order valence-electron chi connectivity index (χ2n) is 5.36. The number of carbonyl (C=O) groups excluding carboxylic acids is 1. The molecule has 0 heterocycles. The van der Waals surface area contributed by atoms with E-state index in [4.69, 9.17) is 0 Å². The van der Waals surface area contributed by atoms with Gasteiger partial charge in [-0.25, -0.2) is 0 Å². The maximum Gasteiger partial charge on any atom is 0.269 e. The molecular weight excluding hydrogens is 254 g/mol. The smallest absolute Gasteiger partial charge is 0.269 e. The Balaban J connectivity index is 1.99. The van der Waals surface area contributed by atoms with Gasteiger partial charge in [0.1, 0.15) is 5.78 Å². The first-order chi connectivity index (χ1) is 9.66. The molecule has 20 heavy (non-hydrogen) atoms. The molecule has 2 aromatic rings. The van der Waals surface area contributed by atoms with Crippen molar-refractivity contribution in [1.82, 2.24) is 0 Å². The molecule has 4 heteroatoms. The third-order valence-corrected chi connectivity index (χ3v) is 4.38. The van der Waals surface area contributed by atoms with Crippen LogP contribution in [0.1, 0.15) is 40.5 Å². The summed E-state index contributed by atoms with van der Waals surface area (Å²) >= 11 is 0. The van der Waals surface area contributed by atoms with E-state index in [1.807, 2.05) is 24.3 Å². The van der Waals surface area contributed by atoms with Gasteiger partial charge in [0.05, 0.1) is 10.8 Å². The Hall–Kier alpha value is -2.49. The van der Waals surface area contributed by atoms with Crippen LogP contribution in [0.5, 0.6) is 0 Å². The Kier molecular flexibility index (Phi) is 2.13. The van der Waals surface area contributed by atoms with Crippen molar-refractivity contribution in [1.29, 1.82) is 0 Å². The predicted molar refractivity (Wildman–Crippen MR) is 72.8 cm³/mol. The standard InChI is InChI=1S/C16H11NO3/c18-15-8-14-10-3-1-2-4-11(10)16(15)12-6-5-9(17(19)20)7-13(12)14/h1-7,14,16H,8H2. The summed E-state index contributed by atoms with van der Waals surface area (Å²) in [5, 5.41) is 10.9. The molecule has 0 N–H and O–H groups in total. The third-order valence-electron chi connectivity index (χ3n) is 4.38. The zero-order valence-electron chi connectivity index (χ0n) is 10.6. The number of nitrogens with zero attached hydrogens (tertiary/aromatic N) is 1. The molecule has 0 amide bonds. The molecule has 98 valence electrons. The average Bonchev–Trinajstić information content (AvgIpc) is 2.47. The molecule has 0 saturated heterocycles. The zero-order valence-corrected chi connectivity index (χ0v) is 10.6. The minimum Gasteiger partial charge on any atom is -0.299 e. The van der Waals surface area contributed by atoms with Crippen LogP contribution in [0.2, 0.25) is 0 Å². The summed E-state index contributed by atoms with van der Waals surface area (Å²) in [7, 11) is 0. The molecule has 2 bridgehead atoms. The van der Waals surface area contributed by atoms with Gasteiger partial charge in [-0.2, -0.15) is 0 Å². The lowest BCUT2D eigenvalue weighted by Gasteiger charge is -2.38. The molecular formula is C16H11NO3. The highest BCUT2D eigenvalue weighted by Gasteiger charge is 2.42. The number of rotatable bonds is 1. The summed E-state index contributed by atoms with van der Waals surface area (Å²) in [4.78, 5) is 22.8. The molecule has 3 aliphatic carbocycles. The number of ketones is 1. The van der Waals surface area contributed by atoms with Gasteiger partial charge in [0, 0.05) is 24.5 Å². The quantitative estimate of drug-likeness (QED) is 0.588. The van der Waals surface area contributed by atoms with E-state index in [-0.39, 0.29) is 28.2 Å². The topological polar surface area (TPSA) is 60.2 Å². The van der Waals surface area contributed by atoms with E-state index in [0.29, 0.717) is 6.42 Å². The molecule has 0 fully saturated rings. The second kappa shape index (κ2) is 3.76. The summed E-state index contributed by atoms with van der Waals surface area (Å²) in [6.45, 7) is 0. The lowest BCUT2D eigenvalue weighted by atomic mass is 9.63. The van der Waals surface area contributed by atoms with E-state index in [9.17, 15) is 14.9 Å². The monoisotopic (exact) mass is 265 g/mol. The van der Waals surface area contributed by atoms with Gasteiger partial charge in [-0.3, -0.25) is 14.9 Å². The molecule has 0 spiro atoms. The maximum atomic E-state index is 12.3. The van der Waals surface area contributed by atoms with Crippen LogP contribution in [-0.4, -0.2) is 10.7 Å². The number of Topliss-reactive ketones (excluding diaryl/α,β-unsaturated/α-hetero) is 1. The third kappa shape index (κ3) is 1.33. The first-order valence-electron chi connectivity index (χ1n) is 6.56. The van der Waals surface area contributed by atoms with Crippen LogP contribution < -0.4 is 0 Å². The summed E-state index contributed by atoms with van der Waals surface area (Å²) in [6, 6.07) is 12.8. The van der Waals surface area contributed by atoms with Crippen LogP contribution in [0.4, 0.5) is 5.69 Å². The minimum absolute atomic E-state index is 0.0291. The van der Waals surface area contributed by atoms with E-state index in [1.165, 1.54) is 6.07 Å². The Labute approximate surface area is 115 Å². The fourth-order valence-corrected chi connectivity index (χ4v) is 3.55. The largest absolute Gasteiger partial charge is 0.299 e. The molecule has 0 saturated carbocycles. The van der Waals surface area contributed by atoms with Gasteiger partial charge in [0.2, 0.25) is 0 Å². The fraction of sp³-hybridized carbons (Fsp3) is 0.188. The van der Waals surface area contributed by atoms with Crippen LogP contribution in [0.25, 0.3) is 0 Å². The second-order valence-corrected chi connectivity index (χ2v) is 5.36. The number of hydrogen-bond acceptors (Lipinski definition) is 3. The van der Waals surface area contributed by atoms with Crippen LogP contribution in [0, 0.1) is 10.1 Å². The Bertz CT molecular complexity index is 766. The number of benzene rings is 2. The fourth-order valence-electron chi connectivity index (χ4n) is 3.55. The van der Waals surface area contributed by atoms with Gasteiger partial charge < -0.3 is 0 Å². The summed E-state index contributed by atoms with van der Waals surface area (Å²) < 4.78 is 0. The average molecular weight is 265 g/mol. The van der Waals surface area contributed by atoms with Gasteiger partial charge in [-0.05, 0) is 22.3 Å². The van der Waals surface area contributed by atoms with Gasteiger partial charge in [-0.1, -0.05) is 30.3 Å². The van der Waals surface area contributed by atoms with Crippen molar-refractivity contribution < 1.29 is 9.72 Å². The van der Waals surface area contributed by atoms with Gasteiger partial charge >= 0.3 is 0 Å². The number of hydrogen-bond donors (Lipinski definition) is 0. The summed E-state index contributed by atoms with van der Waals surface area (Å²) in [5.74, 6) is -0.0549. The number of non-ortho nitro benzene ring substituents is 1. The van der Waals surface area contributed by atoms with Crippen LogP contribution in [0.3, 0.4) is 0 Å². The van der Waals surface area contributed by atoms with Crippen molar-refractivity contribution in [2.24, 2.45) is 0 Å². The van der Waals surface area contributed by atoms with E-state index in [0.717, 1.165) is 22.3 Å². The van der Waals surface area contributed by atoms with Gasteiger partial charge in [0.15, 0.2) is 0 Å². The predicted octanol–water partition coefficient (Wildman–Crippen LogP) is 3.14. The number of nitro groups is 1. The van der Waals surface area contributed by atoms with Crippen LogP contribution in [-0.2, 0) is 4.79 Å². The zero-order chi connectivity index (χ0) is 13.9. The van der Waals surface area contributed by atoms with E-state index in [2.05, 4.69) is 0 Å². The maximum absolute atomic E-state index is 12.3. The Morgan fingerprint density at radius 3 is 2.45 bits per heavy atom. The van der Waals surface area contributed by atoms with Crippen molar-refractivity contribution in [3.63, 3.8) is 0 Å². The van der Waals surface area contributed by atoms with Crippen molar-refractivity contribution in [2.75, 3.05) is 0 Å². The highest BCUT2D eigenvalue weighted by atomic mass is 16.6. The van der Waals surface area contributed by atoms with Gasteiger partial charge in [0.25, 0.3) is 5.69 Å². The van der Waals surface area contributed by atoms with E-state index >= 15 is 0 Å². The molecule has 2 atom stereocenters. The SMILES string of the molecule is O=C1CC2c3ccccc3C1c1ccc([N+](=O)[O-])cc12. The first-order valence-corrected chi connectivity index (χ1v) is 6.56. The Morgan fingerprint density at radius 1 is 1.00 bits per heavy atom. The molecule has 0 radical (unpaired) electrons.